The maximum absolute atomic E-state index is 14.3. The Morgan fingerprint density at radius 3 is 2.46 bits per heavy atom. The van der Waals surface area contributed by atoms with Gasteiger partial charge in [0, 0.05) is 43.2 Å². The molecule has 0 radical (unpaired) electrons. The molecule has 3 saturated heterocycles. The largest absolute Gasteiger partial charge is 0.458 e. The number of hydrogen-bond donors (Lipinski definition) is 3. The van der Waals surface area contributed by atoms with Crippen LogP contribution in [0, 0.1) is 23.7 Å². The van der Waals surface area contributed by atoms with Gasteiger partial charge >= 0.3 is 12.1 Å². The van der Waals surface area contributed by atoms with E-state index in [0.717, 1.165) is 22.9 Å². The fraction of sp³-hybridized carbons (Fsp3) is 0.721. The third-order valence-corrected chi connectivity index (χ3v) is 13.1. The number of benzene rings is 1. The predicted octanol–water partition coefficient (Wildman–Crippen LogP) is 4.63. The van der Waals surface area contributed by atoms with Crippen LogP contribution in [0.1, 0.15) is 86.6 Å². The van der Waals surface area contributed by atoms with Crippen molar-refractivity contribution in [3.8, 4) is 0 Å². The van der Waals surface area contributed by atoms with Crippen molar-refractivity contribution in [2.24, 2.45) is 29.4 Å². The minimum absolute atomic E-state index is 0.227. The van der Waals surface area contributed by atoms with E-state index in [0.29, 0.717) is 32.2 Å². The molecule has 2 aromatic rings. The molecule has 14 nitrogen and oxygen atoms in total. The van der Waals surface area contributed by atoms with Crippen molar-refractivity contribution in [2.75, 3.05) is 27.7 Å². The lowest BCUT2D eigenvalue weighted by Gasteiger charge is -2.48. The number of pyridine rings is 1. The Hall–Kier alpha value is -3.24. The molecule has 1 aromatic heterocycles. The smallest absolute Gasteiger partial charge is 0.425 e. The van der Waals surface area contributed by atoms with E-state index in [4.69, 9.17) is 29.4 Å². The van der Waals surface area contributed by atoms with E-state index in [-0.39, 0.29) is 24.0 Å². The number of ether oxygens (including phenoxy) is 5. The summed E-state index contributed by atoms with van der Waals surface area (Å²) in [5, 5.41) is 14.1. The Morgan fingerprint density at radius 1 is 1.09 bits per heavy atom. The Kier molecular flexibility index (Phi) is 14.4. The molecule has 3 aliphatic heterocycles. The summed E-state index contributed by atoms with van der Waals surface area (Å²) in [7, 11) is 5.35. The summed E-state index contributed by atoms with van der Waals surface area (Å²) in [6.45, 7) is 15.2. The summed E-state index contributed by atoms with van der Waals surface area (Å²) in [4.78, 5) is 48.6. The third kappa shape index (κ3) is 9.17. The topological polar surface area (TPSA) is 175 Å². The van der Waals surface area contributed by atoms with Crippen molar-refractivity contribution in [1.82, 2.24) is 20.3 Å². The molecule has 0 spiro atoms. The van der Waals surface area contributed by atoms with Gasteiger partial charge in [-0.2, -0.15) is 0 Å². The quantitative estimate of drug-likeness (QED) is 0.173. The Balaban J connectivity index is 1.46. The van der Waals surface area contributed by atoms with Gasteiger partial charge in [-0.3, -0.25) is 14.6 Å². The number of nitrogens with one attached hydrogen (secondary N) is 1. The van der Waals surface area contributed by atoms with Crippen molar-refractivity contribution in [1.29, 1.82) is 0 Å². The van der Waals surface area contributed by atoms with E-state index < -0.39 is 77.6 Å². The number of aliphatic hydroxyl groups excluding tert-OH is 1. The average Bonchev–Trinajstić information content (AvgIpc) is 3.45. The Bertz CT molecular complexity index is 1710. The highest BCUT2D eigenvalue weighted by molar-refractivity contribution is 6.00. The normalized spacial score (nSPS) is 38.5. The van der Waals surface area contributed by atoms with Crippen molar-refractivity contribution >= 4 is 28.7 Å². The molecule has 1 aromatic carbocycles. The number of para-hydroxylation sites is 1. The van der Waals surface area contributed by atoms with Crippen LogP contribution in [0.25, 0.3) is 10.9 Å². The van der Waals surface area contributed by atoms with Gasteiger partial charge in [0.2, 0.25) is 0 Å². The number of Topliss-reactive ketones (excluding diaryl/α,β-unsaturated/α-hetero) is 1. The first-order valence-electron chi connectivity index (χ1n) is 20.7. The molecule has 3 fully saturated rings. The molecule has 3 aliphatic rings. The number of nitrogens with two attached hydrogens (primary N) is 1. The van der Waals surface area contributed by atoms with E-state index in [1.807, 2.05) is 84.1 Å². The highest BCUT2D eigenvalue weighted by Gasteiger charge is 2.60. The van der Waals surface area contributed by atoms with Gasteiger partial charge in [0.1, 0.15) is 18.1 Å². The predicted molar refractivity (Wildman–Crippen MR) is 216 cm³/mol. The molecular formula is C43H67N5O9. The second kappa shape index (κ2) is 18.4. The Morgan fingerprint density at radius 2 is 1.79 bits per heavy atom. The van der Waals surface area contributed by atoms with Crippen molar-refractivity contribution < 1.29 is 43.2 Å². The van der Waals surface area contributed by atoms with Crippen molar-refractivity contribution in [2.45, 2.75) is 148 Å². The first kappa shape index (κ1) is 44.9. The zero-order valence-electron chi connectivity index (χ0n) is 35.8. The van der Waals surface area contributed by atoms with Crippen molar-refractivity contribution in [3.05, 3.63) is 42.1 Å². The molecule has 14 heteroatoms. The number of methoxy groups -OCH3 is 1. The minimum Gasteiger partial charge on any atom is -0.458 e. The number of rotatable bonds is 10. The van der Waals surface area contributed by atoms with Gasteiger partial charge in [0.15, 0.2) is 17.7 Å². The summed E-state index contributed by atoms with van der Waals surface area (Å²) < 4.78 is 31.5. The second-order valence-corrected chi connectivity index (χ2v) is 17.4. The fourth-order valence-corrected chi connectivity index (χ4v) is 9.61. The number of carbonyl (C=O) groups is 3. The maximum atomic E-state index is 14.3. The van der Waals surface area contributed by atoms with Crippen LogP contribution in [0.5, 0.6) is 0 Å². The lowest BCUT2D eigenvalue weighted by atomic mass is 9.72. The average molecular weight is 798 g/mol. The summed E-state index contributed by atoms with van der Waals surface area (Å²) in [5.74, 6) is -3.85. The molecular weight excluding hydrogens is 730 g/mol. The lowest BCUT2D eigenvalue weighted by Crippen LogP contribution is -2.63. The minimum atomic E-state index is -1.31. The number of likely N-dealkylation sites (N-methyl/N-ethyl adjacent to an activating group) is 1. The number of cyclic esters (lactones) is 1. The van der Waals surface area contributed by atoms with E-state index >= 15 is 0 Å². The maximum Gasteiger partial charge on any atom is 0.425 e. The first-order valence-corrected chi connectivity index (χ1v) is 20.7. The van der Waals surface area contributed by atoms with Gasteiger partial charge in [-0.15, -0.1) is 0 Å². The molecule has 1 unspecified atom stereocenters. The lowest BCUT2D eigenvalue weighted by molar-refractivity contribution is -0.295. The number of fused-ring (bicyclic) bond motifs is 2. The highest BCUT2D eigenvalue weighted by Crippen LogP contribution is 2.43. The molecule has 0 saturated carbocycles. The molecule has 0 aliphatic carbocycles. The van der Waals surface area contributed by atoms with Crippen LogP contribution in [0.3, 0.4) is 0 Å². The number of carbonyl (C=O) groups excluding carboxylic acids is 3. The van der Waals surface area contributed by atoms with Gasteiger partial charge < -0.3 is 39.4 Å². The first-order chi connectivity index (χ1) is 26.9. The summed E-state index contributed by atoms with van der Waals surface area (Å²) in [6.07, 6.45) is -0.208. The molecule has 5 rings (SSSR count). The Labute approximate surface area is 338 Å². The zero-order valence-corrected chi connectivity index (χ0v) is 35.8. The highest BCUT2D eigenvalue weighted by atomic mass is 16.7. The number of ketones is 1. The van der Waals surface area contributed by atoms with Gasteiger partial charge in [0.05, 0.1) is 29.4 Å². The number of hydrogen-bond acceptors (Lipinski definition) is 13. The van der Waals surface area contributed by atoms with Crippen LogP contribution in [0.15, 0.2) is 36.5 Å². The van der Waals surface area contributed by atoms with Gasteiger partial charge in [0.25, 0.3) is 0 Å². The van der Waals surface area contributed by atoms with E-state index in [1.54, 1.807) is 21.0 Å². The fourth-order valence-electron chi connectivity index (χ4n) is 9.61. The van der Waals surface area contributed by atoms with Crippen LogP contribution >= 0.6 is 0 Å². The molecule has 4 N–H and O–H groups in total. The zero-order chi connectivity index (χ0) is 42.0. The van der Waals surface area contributed by atoms with Gasteiger partial charge in [-0.25, -0.2) is 15.2 Å². The van der Waals surface area contributed by atoms with E-state index in [1.165, 1.54) is 11.9 Å². The molecule has 0 bridgehead atoms. The molecule has 57 heavy (non-hydrogen) atoms. The van der Waals surface area contributed by atoms with Crippen molar-refractivity contribution in [3.63, 3.8) is 0 Å². The number of esters is 1. The molecule has 1 amide bonds. The standard InChI is InChI=1S/C43H67N5O9/c1-12-33-43(8)37(48(41(52)57-43)46-20-15-16-29-19-21-45-31-18-14-13-17-30(29)31)26(4)34(44)24(2)23-42(7,53-11)38(27(5)35(49)28(6)39(51)55-33)56-40-36(50)32(47(9)10)22-25(3)54-40/h13-14,17-19,21,24-28,32-34,36-38,40,46,50H,12,15-16,20,22-23,44H2,1-11H3/t24-,25-,26-,27+,28-,32+,33-,34?,36-,37+,38-,40+,42-,43-/m1/s1. The number of nitrogens with zero attached hydrogens (tertiary/aromatic N) is 3. The van der Waals surface area contributed by atoms with Gasteiger partial charge in [-0.05, 0) is 103 Å². The number of aryl methyl sites for hydroxylation is 1. The second-order valence-electron chi connectivity index (χ2n) is 17.4. The van der Waals surface area contributed by atoms with E-state index in [9.17, 15) is 19.5 Å². The van der Waals surface area contributed by atoms with Crippen LogP contribution in [0.4, 0.5) is 4.79 Å². The van der Waals surface area contributed by atoms with Crippen LogP contribution < -0.4 is 11.2 Å². The summed E-state index contributed by atoms with van der Waals surface area (Å²) >= 11 is 0. The SMILES string of the molecule is CC[C@H]1OC(=O)[C@H](C)C(=O)[C@H](C)[C@@H](O[C@@H]2O[C@H](C)C[C@H](N(C)C)[C@H]2O)[C@](C)(OC)C[C@@H](C)C(N)[C@@H](C)[C@@H]2N(NCCCc3ccnc4ccccc34)C(=O)O[C@@]21C. The number of amides is 1. The third-order valence-electron chi connectivity index (χ3n) is 13.1. The monoisotopic (exact) mass is 797 g/mol. The molecule has 318 valence electrons. The number of aliphatic hydroxyl groups is 1. The van der Waals surface area contributed by atoms with E-state index in [2.05, 4.69) is 16.5 Å². The van der Waals surface area contributed by atoms with Crippen LogP contribution in [0.2, 0.25) is 0 Å². The summed E-state index contributed by atoms with van der Waals surface area (Å²) in [6, 6.07) is 8.60. The van der Waals surface area contributed by atoms with Crippen LogP contribution in [-0.2, 0) is 39.7 Å². The molecule has 4 heterocycles. The molecule has 14 atom stereocenters. The van der Waals surface area contributed by atoms with Crippen LogP contribution in [-0.4, -0.2) is 126 Å². The summed E-state index contributed by atoms with van der Waals surface area (Å²) in [5.41, 5.74) is 10.2. The number of aromatic nitrogens is 1. The van der Waals surface area contributed by atoms with Gasteiger partial charge in [-0.1, -0.05) is 45.9 Å². The number of hydrazine groups is 1.